The summed E-state index contributed by atoms with van der Waals surface area (Å²) < 4.78 is 6.79. The van der Waals surface area contributed by atoms with Crippen LogP contribution in [0.1, 0.15) is 36.8 Å². The van der Waals surface area contributed by atoms with Crippen molar-refractivity contribution in [3.63, 3.8) is 0 Å². The number of ether oxygens (including phenoxy) is 1. The number of nitrogens with zero attached hydrogens (tertiary/aromatic N) is 5. The summed E-state index contributed by atoms with van der Waals surface area (Å²) >= 11 is 1.79. The van der Waals surface area contributed by atoms with Crippen molar-refractivity contribution in [2.24, 2.45) is 0 Å². The van der Waals surface area contributed by atoms with E-state index in [4.69, 9.17) is 19.7 Å². The minimum absolute atomic E-state index is 0.797. The Kier molecular flexibility index (Phi) is 4.12. The van der Waals surface area contributed by atoms with E-state index in [2.05, 4.69) is 9.80 Å². The fraction of sp³-hybridized carbons (Fsp3) is 0.571. The number of rotatable bonds is 2. The van der Waals surface area contributed by atoms with Crippen molar-refractivity contribution < 1.29 is 4.74 Å². The SMILES string of the molecule is c1nc(N2CCCCC2)c2sc3nc(N4CCOCC4)c4c(c3c2n1)CCC4. The molecule has 0 unspecified atom stereocenters. The van der Waals surface area contributed by atoms with Gasteiger partial charge >= 0.3 is 0 Å². The molecule has 5 heterocycles. The number of aryl methyl sites for hydroxylation is 1. The zero-order valence-corrected chi connectivity index (χ0v) is 16.9. The van der Waals surface area contributed by atoms with Crippen molar-refractivity contribution >= 4 is 43.4 Å². The quantitative estimate of drug-likeness (QED) is 0.661. The smallest absolute Gasteiger partial charge is 0.150 e. The molecular weight excluding hydrogens is 370 g/mol. The van der Waals surface area contributed by atoms with Crippen LogP contribution < -0.4 is 9.80 Å². The molecule has 0 radical (unpaired) electrons. The molecule has 0 saturated carbocycles. The molecule has 146 valence electrons. The molecule has 0 amide bonds. The van der Waals surface area contributed by atoms with Gasteiger partial charge in [-0.1, -0.05) is 0 Å². The van der Waals surface area contributed by atoms with Crippen molar-refractivity contribution in [1.82, 2.24) is 15.0 Å². The highest BCUT2D eigenvalue weighted by Gasteiger charge is 2.28. The zero-order valence-electron chi connectivity index (χ0n) is 16.1. The number of hydrogen-bond acceptors (Lipinski definition) is 7. The first-order valence-electron chi connectivity index (χ1n) is 10.6. The summed E-state index contributed by atoms with van der Waals surface area (Å²) in [5, 5.41) is 1.30. The third-order valence-electron chi connectivity index (χ3n) is 6.40. The van der Waals surface area contributed by atoms with Crippen LogP contribution >= 0.6 is 11.3 Å². The lowest BCUT2D eigenvalue weighted by Crippen LogP contribution is -2.37. The molecule has 0 N–H and O–H groups in total. The van der Waals surface area contributed by atoms with Gasteiger partial charge in [0.2, 0.25) is 0 Å². The third kappa shape index (κ3) is 2.59. The first-order valence-corrected chi connectivity index (χ1v) is 11.4. The van der Waals surface area contributed by atoms with Gasteiger partial charge in [-0.25, -0.2) is 15.0 Å². The highest BCUT2D eigenvalue weighted by molar-refractivity contribution is 7.26. The maximum atomic E-state index is 5.57. The molecule has 3 aromatic heterocycles. The Morgan fingerprint density at radius 2 is 1.61 bits per heavy atom. The van der Waals surface area contributed by atoms with Gasteiger partial charge in [0.05, 0.1) is 23.4 Å². The largest absolute Gasteiger partial charge is 0.378 e. The summed E-state index contributed by atoms with van der Waals surface area (Å²) in [6.07, 6.45) is 9.09. The molecule has 2 aliphatic heterocycles. The fourth-order valence-electron chi connectivity index (χ4n) is 5.03. The number of piperidine rings is 1. The van der Waals surface area contributed by atoms with Crippen LogP contribution in [-0.4, -0.2) is 54.3 Å². The Labute approximate surface area is 168 Å². The number of thiophene rings is 1. The standard InChI is InChI=1S/C21H25N5OS/c1-2-7-25(8-3-1)20-18-17(22-13-23-20)16-14-5-4-6-15(14)19(24-21(16)28-18)26-9-11-27-12-10-26/h13H,1-12H2. The van der Waals surface area contributed by atoms with Gasteiger partial charge in [0, 0.05) is 31.6 Å². The Hall–Kier alpha value is -1.99. The second-order valence-electron chi connectivity index (χ2n) is 8.05. The summed E-state index contributed by atoms with van der Waals surface area (Å²) in [6, 6.07) is 0. The van der Waals surface area contributed by atoms with Gasteiger partial charge in [-0.2, -0.15) is 0 Å². The molecule has 0 aromatic carbocycles. The average molecular weight is 396 g/mol. The van der Waals surface area contributed by atoms with E-state index in [-0.39, 0.29) is 0 Å². The number of morpholine rings is 1. The second-order valence-corrected chi connectivity index (χ2v) is 9.05. The van der Waals surface area contributed by atoms with Crippen molar-refractivity contribution in [2.45, 2.75) is 38.5 Å². The summed E-state index contributed by atoms with van der Waals surface area (Å²) in [5.74, 6) is 2.31. The van der Waals surface area contributed by atoms with E-state index in [0.29, 0.717) is 0 Å². The van der Waals surface area contributed by atoms with E-state index in [9.17, 15) is 0 Å². The van der Waals surface area contributed by atoms with Gasteiger partial charge in [0.25, 0.3) is 0 Å². The lowest BCUT2D eigenvalue weighted by Gasteiger charge is -2.29. The molecule has 3 aromatic rings. The molecule has 2 saturated heterocycles. The summed E-state index contributed by atoms with van der Waals surface area (Å²) in [5.41, 5.74) is 4.06. The maximum Gasteiger partial charge on any atom is 0.150 e. The van der Waals surface area contributed by atoms with Gasteiger partial charge in [-0.05, 0) is 49.7 Å². The molecule has 6 nitrogen and oxygen atoms in total. The van der Waals surface area contributed by atoms with Crippen molar-refractivity contribution in [3.8, 4) is 0 Å². The molecular formula is C21H25N5OS. The van der Waals surface area contributed by atoms with Gasteiger partial charge < -0.3 is 14.5 Å². The average Bonchev–Trinajstić information content (AvgIpc) is 3.38. The van der Waals surface area contributed by atoms with E-state index in [0.717, 1.165) is 68.4 Å². The van der Waals surface area contributed by atoms with Crippen LogP contribution in [0.4, 0.5) is 11.6 Å². The van der Waals surface area contributed by atoms with Crippen LogP contribution in [0.5, 0.6) is 0 Å². The first-order chi connectivity index (χ1) is 13.9. The number of pyridine rings is 1. The Morgan fingerprint density at radius 3 is 2.46 bits per heavy atom. The number of fused-ring (bicyclic) bond motifs is 5. The van der Waals surface area contributed by atoms with Crippen LogP contribution in [0.3, 0.4) is 0 Å². The van der Waals surface area contributed by atoms with E-state index >= 15 is 0 Å². The molecule has 3 aliphatic rings. The van der Waals surface area contributed by atoms with E-state index in [1.807, 2.05) is 0 Å². The Bertz CT molecular complexity index is 1040. The Balaban J connectivity index is 1.56. The van der Waals surface area contributed by atoms with Crippen molar-refractivity contribution in [3.05, 3.63) is 17.5 Å². The highest BCUT2D eigenvalue weighted by atomic mass is 32.1. The van der Waals surface area contributed by atoms with Crippen molar-refractivity contribution in [2.75, 3.05) is 49.2 Å². The summed E-state index contributed by atoms with van der Waals surface area (Å²) in [6.45, 7) is 5.68. The second kappa shape index (κ2) is 6.81. The fourth-order valence-corrected chi connectivity index (χ4v) is 6.21. The molecule has 0 spiro atoms. The van der Waals surface area contributed by atoms with E-state index in [1.165, 1.54) is 52.7 Å². The van der Waals surface area contributed by atoms with Crippen LogP contribution in [0.15, 0.2) is 6.33 Å². The number of anilines is 2. The summed E-state index contributed by atoms with van der Waals surface area (Å²) in [7, 11) is 0. The normalized spacial score (nSPS) is 20.3. The van der Waals surface area contributed by atoms with Crippen LogP contribution in [0.25, 0.3) is 20.4 Å². The lowest BCUT2D eigenvalue weighted by molar-refractivity contribution is 0.122. The van der Waals surface area contributed by atoms with Gasteiger partial charge in [-0.15, -0.1) is 11.3 Å². The molecule has 0 atom stereocenters. The van der Waals surface area contributed by atoms with E-state index in [1.54, 1.807) is 17.7 Å². The monoisotopic (exact) mass is 395 g/mol. The molecule has 7 heteroatoms. The zero-order chi connectivity index (χ0) is 18.5. The number of hydrogen-bond donors (Lipinski definition) is 0. The maximum absolute atomic E-state index is 5.57. The third-order valence-corrected chi connectivity index (χ3v) is 7.47. The summed E-state index contributed by atoms with van der Waals surface area (Å²) in [4.78, 5) is 20.7. The van der Waals surface area contributed by atoms with Crippen LogP contribution in [0.2, 0.25) is 0 Å². The van der Waals surface area contributed by atoms with Gasteiger partial charge in [0.15, 0.2) is 0 Å². The molecule has 0 bridgehead atoms. The van der Waals surface area contributed by atoms with Gasteiger partial charge in [0.1, 0.15) is 22.8 Å². The van der Waals surface area contributed by atoms with Crippen LogP contribution in [-0.2, 0) is 17.6 Å². The molecule has 28 heavy (non-hydrogen) atoms. The predicted octanol–water partition coefficient (Wildman–Crippen LogP) is 3.56. The molecule has 2 fully saturated rings. The van der Waals surface area contributed by atoms with Crippen LogP contribution in [0, 0.1) is 0 Å². The van der Waals surface area contributed by atoms with E-state index < -0.39 is 0 Å². The first kappa shape index (κ1) is 16.9. The predicted molar refractivity (Wildman–Crippen MR) is 114 cm³/mol. The molecule has 6 rings (SSSR count). The highest BCUT2D eigenvalue weighted by Crippen LogP contribution is 2.44. The number of aromatic nitrogens is 3. The topological polar surface area (TPSA) is 54.4 Å². The van der Waals surface area contributed by atoms with Crippen molar-refractivity contribution in [1.29, 1.82) is 0 Å². The lowest BCUT2D eigenvalue weighted by atomic mass is 10.1. The minimum Gasteiger partial charge on any atom is -0.378 e. The Morgan fingerprint density at radius 1 is 0.821 bits per heavy atom. The molecule has 1 aliphatic carbocycles. The minimum atomic E-state index is 0.797. The van der Waals surface area contributed by atoms with Gasteiger partial charge in [-0.3, -0.25) is 0 Å².